The molecule has 0 aromatic heterocycles. The molecule has 4 heteroatoms. The van der Waals surface area contributed by atoms with E-state index < -0.39 is 0 Å². The van der Waals surface area contributed by atoms with E-state index in [-0.39, 0.29) is 5.97 Å². The second kappa shape index (κ2) is 5.75. The summed E-state index contributed by atoms with van der Waals surface area (Å²) < 4.78 is 4.87. The summed E-state index contributed by atoms with van der Waals surface area (Å²) >= 11 is 0. The molecule has 1 fully saturated rings. The van der Waals surface area contributed by atoms with Crippen molar-refractivity contribution in [2.24, 2.45) is 0 Å². The molecule has 1 rings (SSSR count). The highest BCUT2D eigenvalue weighted by molar-refractivity contribution is 5.82. The van der Waals surface area contributed by atoms with Crippen LogP contribution >= 0.6 is 0 Å². The minimum absolute atomic E-state index is 0.242. The first kappa shape index (κ1) is 12.0. The first-order chi connectivity index (χ1) is 7.13. The normalized spacial score (nSPS) is 19.1. The van der Waals surface area contributed by atoms with Gasteiger partial charge in [-0.05, 0) is 20.9 Å². The molecule has 1 heterocycles. The van der Waals surface area contributed by atoms with Gasteiger partial charge in [-0.25, -0.2) is 4.79 Å². The Morgan fingerprint density at radius 1 is 1.33 bits per heavy atom. The van der Waals surface area contributed by atoms with Crippen LogP contribution in [0, 0.1) is 0 Å². The number of carbonyl (C=O) groups excluding carboxylic acids is 1. The summed E-state index contributed by atoms with van der Waals surface area (Å²) in [7, 11) is 2.11. The number of esters is 1. The van der Waals surface area contributed by atoms with Gasteiger partial charge in [0.25, 0.3) is 0 Å². The number of ether oxygens (including phenoxy) is 1. The monoisotopic (exact) mass is 212 g/mol. The number of allylic oxidation sites excluding steroid dienone is 1. The number of likely N-dealkylation sites (N-methyl/N-ethyl adjacent to an activating group) is 1. The zero-order chi connectivity index (χ0) is 11.3. The van der Waals surface area contributed by atoms with Crippen LogP contribution in [0.4, 0.5) is 0 Å². The van der Waals surface area contributed by atoms with E-state index in [0.29, 0.717) is 6.61 Å². The van der Waals surface area contributed by atoms with Gasteiger partial charge in [-0.3, -0.25) is 0 Å². The van der Waals surface area contributed by atoms with Crippen molar-refractivity contribution < 1.29 is 9.53 Å². The van der Waals surface area contributed by atoms with Gasteiger partial charge in [0.05, 0.1) is 6.61 Å². The van der Waals surface area contributed by atoms with Crippen LogP contribution in [0.15, 0.2) is 11.8 Å². The van der Waals surface area contributed by atoms with E-state index in [2.05, 4.69) is 16.8 Å². The lowest BCUT2D eigenvalue weighted by molar-refractivity contribution is -0.137. The molecule has 1 saturated heterocycles. The minimum atomic E-state index is -0.242. The summed E-state index contributed by atoms with van der Waals surface area (Å²) in [6.07, 6.45) is 1.58. The average molecular weight is 212 g/mol. The second-order valence-corrected chi connectivity index (χ2v) is 3.83. The summed E-state index contributed by atoms with van der Waals surface area (Å²) in [5.41, 5.74) is 1.00. The maximum absolute atomic E-state index is 11.2. The second-order valence-electron chi connectivity index (χ2n) is 3.83. The smallest absolute Gasteiger partial charge is 0.332 e. The van der Waals surface area contributed by atoms with Crippen molar-refractivity contribution in [1.82, 2.24) is 9.80 Å². The SMILES string of the molecule is CCOC(=O)/C=C(/C)N1CCN(C)CC1. The molecule has 4 nitrogen and oxygen atoms in total. The summed E-state index contributed by atoms with van der Waals surface area (Å²) in [6, 6.07) is 0. The molecule has 1 aliphatic heterocycles. The molecule has 0 saturated carbocycles. The average Bonchev–Trinajstić information content (AvgIpc) is 2.18. The van der Waals surface area contributed by atoms with Crippen molar-refractivity contribution in [1.29, 1.82) is 0 Å². The van der Waals surface area contributed by atoms with Gasteiger partial charge in [0, 0.05) is 38.0 Å². The highest BCUT2D eigenvalue weighted by Gasteiger charge is 2.14. The topological polar surface area (TPSA) is 32.8 Å². The predicted octanol–water partition coefficient (Wildman–Crippen LogP) is 0.701. The highest BCUT2D eigenvalue weighted by Crippen LogP contribution is 2.07. The summed E-state index contributed by atoms with van der Waals surface area (Å²) in [5, 5.41) is 0. The molecule has 0 aliphatic carbocycles. The van der Waals surface area contributed by atoms with E-state index in [4.69, 9.17) is 4.74 Å². The summed E-state index contributed by atoms with van der Waals surface area (Å²) in [5.74, 6) is -0.242. The zero-order valence-electron chi connectivity index (χ0n) is 9.82. The van der Waals surface area contributed by atoms with Crippen LogP contribution in [-0.2, 0) is 9.53 Å². The van der Waals surface area contributed by atoms with Gasteiger partial charge >= 0.3 is 5.97 Å². The van der Waals surface area contributed by atoms with Crippen molar-refractivity contribution >= 4 is 5.97 Å². The number of carbonyl (C=O) groups is 1. The van der Waals surface area contributed by atoms with Crippen LogP contribution < -0.4 is 0 Å². The molecule has 0 atom stereocenters. The largest absolute Gasteiger partial charge is 0.463 e. The third-order valence-electron chi connectivity index (χ3n) is 2.62. The number of hydrogen-bond donors (Lipinski definition) is 0. The van der Waals surface area contributed by atoms with E-state index in [1.165, 1.54) is 0 Å². The van der Waals surface area contributed by atoms with Crippen LogP contribution in [0.2, 0.25) is 0 Å². The molecule has 0 unspecified atom stereocenters. The Bertz CT molecular complexity index is 243. The molecule has 0 radical (unpaired) electrons. The molecule has 0 amide bonds. The van der Waals surface area contributed by atoms with Gasteiger partial charge < -0.3 is 14.5 Å². The summed E-state index contributed by atoms with van der Waals surface area (Å²) in [4.78, 5) is 15.7. The number of nitrogens with zero attached hydrogens (tertiary/aromatic N) is 2. The van der Waals surface area contributed by atoms with Crippen molar-refractivity contribution in [3.8, 4) is 0 Å². The Labute approximate surface area is 91.5 Å². The summed E-state index contributed by atoms with van der Waals surface area (Å²) in [6.45, 7) is 8.28. The Morgan fingerprint density at radius 3 is 2.47 bits per heavy atom. The van der Waals surface area contributed by atoms with Crippen LogP contribution in [0.3, 0.4) is 0 Å². The molecule has 1 aliphatic rings. The zero-order valence-corrected chi connectivity index (χ0v) is 9.82. The van der Waals surface area contributed by atoms with E-state index in [1.54, 1.807) is 6.08 Å². The third-order valence-corrected chi connectivity index (χ3v) is 2.62. The molecule has 0 bridgehead atoms. The molecule has 86 valence electrons. The van der Waals surface area contributed by atoms with Gasteiger partial charge in [-0.15, -0.1) is 0 Å². The van der Waals surface area contributed by atoms with Gasteiger partial charge in [-0.1, -0.05) is 0 Å². The maximum atomic E-state index is 11.2. The molecule has 0 spiro atoms. The Hall–Kier alpha value is -1.03. The highest BCUT2D eigenvalue weighted by atomic mass is 16.5. The van der Waals surface area contributed by atoms with Gasteiger partial charge in [0.2, 0.25) is 0 Å². The molecule has 0 N–H and O–H groups in total. The molecule has 0 aromatic carbocycles. The standard InChI is InChI=1S/C11H20N2O2/c1-4-15-11(14)9-10(2)13-7-5-12(3)6-8-13/h9H,4-8H2,1-3H3/b10-9-. The Kier molecular flexibility index (Phi) is 4.62. The van der Waals surface area contributed by atoms with Crippen LogP contribution in [-0.4, -0.2) is 55.6 Å². The lowest BCUT2D eigenvalue weighted by Gasteiger charge is -2.34. The fraction of sp³-hybridized carbons (Fsp3) is 0.727. The fourth-order valence-electron chi connectivity index (χ4n) is 1.60. The maximum Gasteiger partial charge on any atom is 0.332 e. The first-order valence-electron chi connectivity index (χ1n) is 5.42. The van der Waals surface area contributed by atoms with Crippen molar-refractivity contribution in [3.05, 3.63) is 11.8 Å². The van der Waals surface area contributed by atoms with E-state index in [1.807, 2.05) is 13.8 Å². The van der Waals surface area contributed by atoms with Gasteiger partial charge in [0.1, 0.15) is 0 Å². The van der Waals surface area contributed by atoms with Gasteiger partial charge in [-0.2, -0.15) is 0 Å². The number of piperazine rings is 1. The van der Waals surface area contributed by atoms with E-state index >= 15 is 0 Å². The van der Waals surface area contributed by atoms with Crippen molar-refractivity contribution in [2.75, 3.05) is 39.8 Å². The molecular formula is C11H20N2O2. The van der Waals surface area contributed by atoms with Crippen molar-refractivity contribution in [2.45, 2.75) is 13.8 Å². The Balaban J connectivity index is 2.45. The molecular weight excluding hydrogens is 192 g/mol. The van der Waals surface area contributed by atoms with E-state index in [0.717, 1.165) is 31.9 Å². The van der Waals surface area contributed by atoms with Crippen LogP contribution in [0.5, 0.6) is 0 Å². The third kappa shape index (κ3) is 3.91. The number of hydrogen-bond acceptors (Lipinski definition) is 4. The van der Waals surface area contributed by atoms with Gasteiger partial charge in [0.15, 0.2) is 0 Å². The lowest BCUT2D eigenvalue weighted by atomic mass is 10.3. The van der Waals surface area contributed by atoms with Crippen LogP contribution in [0.25, 0.3) is 0 Å². The number of rotatable bonds is 3. The Morgan fingerprint density at radius 2 is 1.93 bits per heavy atom. The molecule has 15 heavy (non-hydrogen) atoms. The quantitative estimate of drug-likeness (QED) is 0.509. The van der Waals surface area contributed by atoms with E-state index in [9.17, 15) is 4.79 Å². The molecule has 0 aromatic rings. The van der Waals surface area contributed by atoms with Crippen LogP contribution in [0.1, 0.15) is 13.8 Å². The first-order valence-corrected chi connectivity index (χ1v) is 5.42. The lowest BCUT2D eigenvalue weighted by Crippen LogP contribution is -2.43. The fourth-order valence-corrected chi connectivity index (χ4v) is 1.60. The van der Waals surface area contributed by atoms with Crippen molar-refractivity contribution in [3.63, 3.8) is 0 Å². The predicted molar refractivity (Wildman–Crippen MR) is 59.5 cm³/mol. The minimum Gasteiger partial charge on any atom is -0.463 e.